The Morgan fingerprint density at radius 3 is 2.41 bits per heavy atom. The highest BCUT2D eigenvalue weighted by Gasteiger charge is 2.32. The number of fused-ring (bicyclic) bond motifs is 1. The normalized spacial score (nSPS) is 15.1. The fourth-order valence-electron chi connectivity index (χ4n) is 5.36. The van der Waals surface area contributed by atoms with E-state index in [2.05, 4.69) is 55.4 Å². The van der Waals surface area contributed by atoms with Crippen molar-refractivity contribution in [3.05, 3.63) is 118 Å². The van der Waals surface area contributed by atoms with Gasteiger partial charge in [0.25, 0.3) is 5.56 Å². The van der Waals surface area contributed by atoms with Crippen LogP contribution in [0.3, 0.4) is 0 Å². The number of tetrazole rings is 1. The quantitative estimate of drug-likeness (QED) is 0.345. The average Bonchev–Trinajstić information content (AvgIpc) is 3.42. The molecule has 5 aromatic rings. The second-order valence-electron chi connectivity index (χ2n) is 9.91. The van der Waals surface area contributed by atoms with Gasteiger partial charge in [0, 0.05) is 42.9 Å². The molecular weight excluding hydrogens is 493 g/mol. The molecule has 1 aliphatic rings. The van der Waals surface area contributed by atoms with E-state index in [-0.39, 0.29) is 11.4 Å². The molecule has 1 aliphatic heterocycles. The van der Waals surface area contributed by atoms with Crippen LogP contribution in [-0.2, 0) is 13.0 Å². The Morgan fingerprint density at radius 1 is 0.923 bits per heavy atom. The zero-order chi connectivity index (χ0) is 26.8. The molecular formula is C30H30FN7O. The number of hydrogen-bond acceptors (Lipinski definition) is 6. The molecule has 3 aromatic carbocycles. The van der Waals surface area contributed by atoms with Crippen LogP contribution in [0.15, 0.2) is 83.7 Å². The van der Waals surface area contributed by atoms with Crippen LogP contribution in [0, 0.1) is 5.82 Å². The molecule has 0 aliphatic carbocycles. The van der Waals surface area contributed by atoms with Crippen molar-refractivity contribution in [1.82, 2.24) is 30.1 Å². The molecule has 1 fully saturated rings. The highest BCUT2D eigenvalue weighted by molar-refractivity contribution is 5.80. The largest absolute Gasteiger partial charge is 0.369 e. The van der Waals surface area contributed by atoms with Crippen LogP contribution < -0.4 is 10.5 Å². The maximum atomic E-state index is 13.5. The fraction of sp³-hybridized carbons (Fsp3) is 0.267. The molecule has 0 bridgehead atoms. The first kappa shape index (κ1) is 24.9. The summed E-state index contributed by atoms with van der Waals surface area (Å²) in [6, 6.07) is 24.3. The fourth-order valence-corrected chi connectivity index (χ4v) is 5.36. The number of nitrogens with zero attached hydrogens (tertiary/aromatic N) is 6. The summed E-state index contributed by atoms with van der Waals surface area (Å²) in [6.45, 7) is 5.57. The number of nitrogens with one attached hydrogen (secondary N) is 1. The van der Waals surface area contributed by atoms with Crippen LogP contribution >= 0.6 is 0 Å². The number of para-hydroxylation sites is 1. The number of piperazine rings is 1. The Labute approximate surface area is 225 Å². The van der Waals surface area contributed by atoms with Gasteiger partial charge in [-0.15, -0.1) is 5.10 Å². The molecule has 1 saturated heterocycles. The van der Waals surface area contributed by atoms with E-state index in [0.29, 0.717) is 17.9 Å². The van der Waals surface area contributed by atoms with E-state index < -0.39 is 6.04 Å². The summed E-state index contributed by atoms with van der Waals surface area (Å²) in [4.78, 5) is 21.3. The highest BCUT2D eigenvalue weighted by Crippen LogP contribution is 2.29. The molecule has 9 heteroatoms. The molecule has 2 aromatic heterocycles. The topological polar surface area (TPSA) is 82.9 Å². The van der Waals surface area contributed by atoms with Crippen molar-refractivity contribution in [1.29, 1.82) is 0 Å². The number of pyridine rings is 1. The number of benzene rings is 3. The molecule has 0 amide bonds. The summed E-state index contributed by atoms with van der Waals surface area (Å²) in [6.07, 6.45) is 0.908. The Hall–Kier alpha value is -4.37. The van der Waals surface area contributed by atoms with Crippen LogP contribution in [0.4, 0.5) is 10.1 Å². The lowest BCUT2D eigenvalue weighted by Crippen LogP contribution is -2.49. The number of rotatable bonds is 7. The van der Waals surface area contributed by atoms with Gasteiger partial charge in [-0.25, -0.2) is 9.07 Å². The predicted molar refractivity (Wildman–Crippen MR) is 149 cm³/mol. The second kappa shape index (κ2) is 10.8. The number of hydrogen-bond donors (Lipinski definition) is 1. The molecule has 39 heavy (non-hydrogen) atoms. The summed E-state index contributed by atoms with van der Waals surface area (Å²) in [5.74, 6) is 0.294. The third-order valence-corrected chi connectivity index (χ3v) is 7.49. The lowest BCUT2D eigenvalue weighted by molar-refractivity contribution is 0.200. The third kappa shape index (κ3) is 5.18. The van der Waals surface area contributed by atoms with Gasteiger partial charge >= 0.3 is 0 Å². The summed E-state index contributed by atoms with van der Waals surface area (Å²) >= 11 is 0. The Morgan fingerprint density at radius 2 is 1.67 bits per heavy atom. The highest BCUT2D eigenvalue weighted by atomic mass is 19.1. The number of aryl methyl sites for hydroxylation is 1. The zero-order valence-electron chi connectivity index (χ0n) is 21.8. The molecule has 0 radical (unpaired) electrons. The molecule has 0 saturated carbocycles. The summed E-state index contributed by atoms with van der Waals surface area (Å²) in [5.41, 5.74) is 4.52. The van der Waals surface area contributed by atoms with Crippen LogP contribution in [0.2, 0.25) is 0 Å². The number of anilines is 1. The predicted octanol–water partition coefficient (Wildman–Crippen LogP) is 4.18. The van der Waals surface area contributed by atoms with E-state index in [1.807, 2.05) is 36.4 Å². The first-order valence-electron chi connectivity index (χ1n) is 13.3. The monoisotopic (exact) mass is 523 g/mol. The molecule has 8 nitrogen and oxygen atoms in total. The van der Waals surface area contributed by atoms with Gasteiger partial charge in [0.2, 0.25) is 0 Å². The molecule has 1 unspecified atom stereocenters. The van der Waals surface area contributed by atoms with Crippen molar-refractivity contribution in [3.63, 3.8) is 0 Å². The molecule has 198 valence electrons. The van der Waals surface area contributed by atoms with Crippen LogP contribution in [0.1, 0.15) is 35.5 Å². The van der Waals surface area contributed by atoms with E-state index >= 15 is 0 Å². The maximum Gasteiger partial charge on any atom is 0.253 e. The molecule has 0 spiro atoms. The van der Waals surface area contributed by atoms with E-state index in [9.17, 15) is 9.18 Å². The van der Waals surface area contributed by atoms with Crippen molar-refractivity contribution < 1.29 is 4.39 Å². The maximum absolute atomic E-state index is 13.5. The van der Waals surface area contributed by atoms with Gasteiger partial charge in [-0.05, 0) is 75.8 Å². The van der Waals surface area contributed by atoms with Gasteiger partial charge < -0.3 is 9.88 Å². The van der Waals surface area contributed by atoms with Crippen molar-refractivity contribution in [2.45, 2.75) is 25.9 Å². The number of aromatic nitrogens is 5. The minimum absolute atomic E-state index is 0.154. The lowest BCUT2D eigenvalue weighted by Gasteiger charge is -2.39. The average molecular weight is 524 g/mol. The standard InChI is InChI=1S/C30H30FN7O/c1-2-21-10-13-27-23(18-21)19-26(30(39)32-27)28(37-16-14-36(15-17-37)25-6-4-3-5-7-25)29-33-34-35-38(29)20-22-8-11-24(31)12-9-22/h3-13,18-19,28H,2,14-17,20H2,1H3,(H,32,39). The first-order chi connectivity index (χ1) is 19.1. The Bertz CT molecular complexity index is 1620. The number of aromatic amines is 1. The summed E-state index contributed by atoms with van der Waals surface area (Å²) in [7, 11) is 0. The van der Waals surface area contributed by atoms with Crippen LogP contribution in [-0.4, -0.2) is 56.3 Å². The summed E-state index contributed by atoms with van der Waals surface area (Å²) in [5, 5.41) is 13.7. The van der Waals surface area contributed by atoms with Crippen molar-refractivity contribution in [2.24, 2.45) is 0 Å². The number of H-pyrrole nitrogens is 1. The molecule has 6 rings (SSSR count). The van der Waals surface area contributed by atoms with E-state index in [1.165, 1.54) is 23.4 Å². The Balaban J connectivity index is 1.39. The van der Waals surface area contributed by atoms with Crippen molar-refractivity contribution >= 4 is 16.6 Å². The van der Waals surface area contributed by atoms with Crippen molar-refractivity contribution in [2.75, 3.05) is 31.1 Å². The Kier molecular flexibility index (Phi) is 6.89. The third-order valence-electron chi connectivity index (χ3n) is 7.49. The van der Waals surface area contributed by atoms with E-state index in [0.717, 1.165) is 49.1 Å². The van der Waals surface area contributed by atoms with Gasteiger partial charge in [-0.1, -0.05) is 43.3 Å². The second-order valence-corrected chi connectivity index (χ2v) is 9.91. The van der Waals surface area contributed by atoms with Gasteiger partial charge in [0.05, 0.1) is 6.54 Å². The van der Waals surface area contributed by atoms with Gasteiger partial charge in [0.1, 0.15) is 11.9 Å². The van der Waals surface area contributed by atoms with Crippen LogP contribution in [0.25, 0.3) is 10.9 Å². The summed E-state index contributed by atoms with van der Waals surface area (Å²) < 4.78 is 15.2. The SMILES string of the molecule is CCc1ccc2[nH]c(=O)c(C(c3nnnn3Cc3ccc(F)cc3)N3CCN(c4ccccc4)CC3)cc2c1. The minimum Gasteiger partial charge on any atom is -0.369 e. The minimum atomic E-state index is -0.447. The van der Waals surface area contributed by atoms with Crippen molar-refractivity contribution in [3.8, 4) is 0 Å². The lowest BCUT2D eigenvalue weighted by atomic mass is 10.0. The molecule has 1 N–H and O–H groups in total. The van der Waals surface area contributed by atoms with Gasteiger partial charge in [0.15, 0.2) is 5.82 Å². The van der Waals surface area contributed by atoms with Crippen LogP contribution in [0.5, 0.6) is 0 Å². The molecule has 1 atom stereocenters. The van der Waals surface area contributed by atoms with Gasteiger partial charge in [-0.3, -0.25) is 9.69 Å². The van der Waals surface area contributed by atoms with Gasteiger partial charge in [-0.2, -0.15) is 0 Å². The number of halogens is 1. The smallest absolute Gasteiger partial charge is 0.253 e. The first-order valence-corrected chi connectivity index (χ1v) is 13.3. The van der Waals surface area contributed by atoms with E-state index in [1.54, 1.807) is 16.8 Å². The molecule has 3 heterocycles. The van der Waals surface area contributed by atoms with E-state index in [4.69, 9.17) is 0 Å². The zero-order valence-corrected chi connectivity index (χ0v) is 21.8.